The van der Waals surface area contributed by atoms with Gasteiger partial charge >= 0.3 is 26.7 Å². The first-order valence-electron chi connectivity index (χ1n) is 11.3. The summed E-state index contributed by atoms with van der Waals surface area (Å²) in [4.78, 5) is 20.2. The molecule has 0 heterocycles. The maximum atomic E-state index is 10.1. The van der Waals surface area contributed by atoms with Crippen LogP contribution in [0.25, 0.3) is 0 Å². The molecule has 2 N–H and O–H groups in total. The fraction of sp³-hybridized carbons (Fsp3) is 1.00. The van der Waals surface area contributed by atoms with Gasteiger partial charge in [-0.2, -0.15) is 0 Å². The minimum atomic E-state index is -4.22. The first-order chi connectivity index (χ1) is 14.8. The number of hydrogen-bond donors (Lipinski definition) is 2. The highest BCUT2D eigenvalue weighted by Gasteiger charge is 2.42. The predicted molar refractivity (Wildman–Crippen MR) is 122 cm³/mol. The van der Waals surface area contributed by atoms with Gasteiger partial charge < -0.3 is 45.0 Å². The largest absolute Gasteiger partial charge is 0.674 e. The monoisotopic (exact) mass is 504 g/mol. The second-order valence-electron chi connectivity index (χ2n) is 6.42. The van der Waals surface area contributed by atoms with Crippen molar-refractivity contribution in [3.05, 3.63) is 0 Å². The third kappa shape index (κ3) is 13.5. The van der Waals surface area contributed by atoms with E-state index in [1.54, 1.807) is 0 Å². The maximum Gasteiger partial charge on any atom is 0.674 e. The summed E-state index contributed by atoms with van der Waals surface area (Å²) in [7, 11) is -9.77. The molecule has 0 amide bonds. The molecular formula is C18H44O10Si3. The van der Waals surface area contributed by atoms with Gasteiger partial charge in [0.25, 0.3) is 0 Å². The average Bonchev–Trinajstić information content (AvgIpc) is 2.70. The molecule has 0 atom stereocenters. The Morgan fingerprint density at radius 2 is 0.710 bits per heavy atom. The predicted octanol–water partition coefficient (Wildman–Crippen LogP) is 2.32. The first kappa shape index (κ1) is 31.3. The topological polar surface area (TPSA) is 114 Å². The van der Waals surface area contributed by atoms with Gasteiger partial charge in [0.2, 0.25) is 0 Å². The lowest BCUT2D eigenvalue weighted by molar-refractivity contribution is 0.0190. The van der Waals surface area contributed by atoms with Crippen LogP contribution in [0.1, 0.15) is 54.4 Å². The van der Waals surface area contributed by atoms with Crippen molar-refractivity contribution >= 4 is 26.7 Å². The second kappa shape index (κ2) is 17.7. The van der Waals surface area contributed by atoms with Gasteiger partial charge in [0.15, 0.2) is 0 Å². The van der Waals surface area contributed by atoms with Crippen LogP contribution in [0.3, 0.4) is 0 Å². The summed E-state index contributed by atoms with van der Waals surface area (Å²) in [5, 5.41) is 0. The third-order valence-electron chi connectivity index (χ3n) is 4.02. The SMILES string of the molecule is CCO[Si](CCCO[Si](O)(O)OCCC[Si](OCC)(OCC)OCC)(OCC)OCC. The molecule has 0 spiro atoms. The molecule has 0 aliphatic heterocycles. The van der Waals surface area contributed by atoms with Crippen LogP contribution in [0.4, 0.5) is 0 Å². The number of hydrogen-bond acceptors (Lipinski definition) is 10. The molecule has 0 aliphatic carbocycles. The molecule has 10 nitrogen and oxygen atoms in total. The van der Waals surface area contributed by atoms with E-state index in [1.165, 1.54) is 0 Å². The molecule has 0 radical (unpaired) electrons. The van der Waals surface area contributed by atoms with E-state index in [9.17, 15) is 9.59 Å². The van der Waals surface area contributed by atoms with Crippen LogP contribution in [-0.4, -0.2) is 89.1 Å². The second-order valence-corrected chi connectivity index (χ2v) is 13.6. The van der Waals surface area contributed by atoms with Crippen LogP contribution >= 0.6 is 0 Å². The molecule has 0 fully saturated rings. The van der Waals surface area contributed by atoms with E-state index in [1.807, 2.05) is 41.5 Å². The molecule has 0 saturated heterocycles. The maximum absolute atomic E-state index is 10.1. The Kier molecular flexibility index (Phi) is 17.8. The highest BCUT2D eigenvalue weighted by molar-refractivity contribution is 6.61. The van der Waals surface area contributed by atoms with Gasteiger partial charge in [0, 0.05) is 64.9 Å². The van der Waals surface area contributed by atoms with Crippen molar-refractivity contribution < 1.29 is 45.0 Å². The van der Waals surface area contributed by atoms with E-state index in [0.29, 0.717) is 64.6 Å². The van der Waals surface area contributed by atoms with Crippen LogP contribution in [0.15, 0.2) is 0 Å². The van der Waals surface area contributed by atoms with Crippen molar-refractivity contribution in [2.24, 2.45) is 0 Å². The zero-order valence-corrected chi connectivity index (χ0v) is 23.1. The molecule has 188 valence electrons. The van der Waals surface area contributed by atoms with Crippen molar-refractivity contribution in [3.8, 4) is 0 Å². The lowest BCUT2D eigenvalue weighted by Crippen LogP contribution is -2.47. The Hall–Kier alpha value is 0.251. The minimum Gasteiger partial charge on any atom is -0.374 e. The van der Waals surface area contributed by atoms with Crippen molar-refractivity contribution in [1.29, 1.82) is 0 Å². The molecule has 0 unspecified atom stereocenters. The summed E-state index contributed by atoms with van der Waals surface area (Å²) in [6.45, 7) is 14.5. The molecule has 0 aromatic heterocycles. The Balaban J connectivity index is 4.46. The van der Waals surface area contributed by atoms with Crippen LogP contribution < -0.4 is 0 Å². The molecular weight excluding hydrogens is 460 g/mol. The smallest absolute Gasteiger partial charge is 0.374 e. The van der Waals surface area contributed by atoms with Gasteiger partial charge in [-0.25, -0.2) is 0 Å². The minimum absolute atomic E-state index is 0.108. The Labute approximate surface area is 191 Å². The highest BCUT2D eigenvalue weighted by Crippen LogP contribution is 2.20. The van der Waals surface area contributed by atoms with Crippen LogP contribution in [0.2, 0.25) is 12.1 Å². The fourth-order valence-corrected chi connectivity index (χ4v) is 9.10. The standard InChI is InChI=1S/C18H44O10Si3/c1-7-21-29(22-8-2,23-9-3)17-13-15-27-31(19,20)28-16-14-18-30(24-10-4,25-11-5)26-12-6/h19-20H,7-18H2,1-6H3. The summed E-state index contributed by atoms with van der Waals surface area (Å²) in [6, 6.07) is 1.05. The van der Waals surface area contributed by atoms with Gasteiger partial charge in [-0.1, -0.05) is 0 Å². The third-order valence-corrected chi connectivity index (χ3v) is 11.5. The molecule has 0 aromatic rings. The van der Waals surface area contributed by atoms with Crippen LogP contribution in [0, 0.1) is 0 Å². The van der Waals surface area contributed by atoms with Gasteiger partial charge in [0.05, 0.1) is 0 Å². The van der Waals surface area contributed by atoms with E-state index in [-0.39, 0.29) is 13.2 Å². The zero-order chi connectivity index (χ0) is 23.6. The van der Waals surface area contributed by atoms with Gasteiger partial charge in [-0.05, 0) is 54.4 Å². The summed E-state index contributed by atoms with van der Waals surface area (Å²) >= 11 is 0. The van der Waals surface area contributed by atoms with Crippen molar-refractivity contribution in [3.63, 3.8) is 0 Å². The van der Waals surface area contributed by atoms with Crippen LogP contribution in [-0.2, 0) is 35.4 Å². The van der Waals surface area contributed by atoms with E-state index in [2.05, 4.69) is 0 Å². The first-order valence-corrected chi connectivity index (χ1v) is 16.9. The summed E-state index contributed by atoms with van der Waals surface area (Å²) in [5.41, 5.74) is 0. The Bertz CT molecular complexity index is 361. The zero-order valence-electron chi connectivity index (χ0n) is 20.1. The van der Waals surface area contributed by atoms with Crippen molar-refractivity contribution in [2.45, 2.75) is 66.5 Å². The average molecular weight is 505 g/mol. The lowest BCUT2D eigenvalue weighted by Gasteiger charge is -2.29. The molecule has 0 saturated carbocycles. The van der Waals surface area contributed by atoms with Gasteiger partial charge in [-0.3, -0.25) is 0 Å². The molecule has 0 aromatic carbocycles. The molecule has 0 rings (SSSR count). The molecule has 31 heavy (non-hydrogen) atoms. The van der Waals surface area contributed by atoms with E-state index < -0.39 is 26.7 Å². The van der Waals surface area contributed by atoms with Crippen LogP contribution in [0.5, 0.6) is 0 Å². The van der Waals surface area contributed by atoms with Gasteiger partial charge in [0.1, 0.15) is 0 Å². The molecule has 0 bridgehead atoms. The lowest BCUT2D eigenvalue weighted by atomic mass is 10.5. The van der Waals surface area contributed by atoms with Crippen molar-refractivity contribution in [1.82, 2.24) is 0 Å². The normalized spacial score (nSPS) is 13.2. The summed E-state index contributed by atoms with van der Waals surface area (Å²) in [6.07, 6.45) is 1.00. The van der Waals surface area contributed by atoms with E-state index >= 15 is 0 Å². The summed E-state index contributed by atoms with van der Waals surface area (Å²) in [5.74, 6) is 0. The summed E-state index contributed by atoms with van der Waals surface area (Å²) < 4.78 is 45.1. The highest BCUT2D eigenvalue weighted by atomic mass is 28.4. The molecule has 0 aliphatic rings. The van der Waals surface area contributed by atoms with E-state index in [4.69, 9.17) is 35.4 Å². The fourth-order valence-electron chi connectivity index (χ4n) is 3.03. The number of rotatable bonds is 22. The Morgan fingerprint density at radius 3 is 0.935 bits per heavy atom. The molecule has 13 heteroatoms. The van der Waals surface area contributed by atoms with Crippen molar-refractivity contribution in [2.75, 3.05) is 52.9 Å². The van der Waals surface area contributed by atoms with E-state index in [0.717, 1.165) is 0 Å². The Morgan fingerprint density at radius 1 is 0.452 bits per heavy atom. The quantitative estimate of drug-likeness (QED) is 0.168. The van der Waals surface area contributed by atoms with Gasteiger partial charge in [-0.15, -0.1) is 0 Å².